The van der Waals surface area contributed by atoms with Gasteiger partial charge >= 0.3 is 0 Å². The quantitative estimate of drug-likeness (QED) is 0.571. The number of aromatic nitrogens is 2. The van der Waals surface area contributed by atoms with Gasteiger partial charge in [0.2, 0.25) is 5.88 Å². The molecule has 0 saturated heterocycles. The number of rotatable bonds is 5. The number of para-hydroxylation sites is 1. The molecule has 5 nitrogen and oxygen atoms in total. The number of benzene rings is 2. The third-order valence-corrected chi connectivity index (χ3v) is 3.02. The summed E-state index contributed by atoms with van der Waals surface area (Å²) in [6.07, 6.45) is 5.03. The minimum atomic E-state index is 0.483. The summed E-state index contributed by atoms with van der Waals surface area (Å²) in [5, 5.41) is 4.20. The molecule has 0 unspecified atom stereocenters. The minimum absolute atomic E-state index is 0.483. The second kappa shape index (κ2) is 7.17. The van der Waals surface area contributed by atoms with Gasteiger partial charge in [0.25, 0.3) is 0 Å². The SMILES string of the molecule is Cc1cncc(Oc2ccc(C=NNc3ccccc3)cc2)n1. The monoisotopic (exact) mass is 304 g/mol. The smallest absolute Gasteiger partial charge is 0.238 e. The molecule has 0 aliphatic carbocycles. The van der Waals surface area contributed by atoms with Crippen molar-refractivity contribution in [3.63, 3.8) is 0 Å². The number of nitrogens with zero attached hydrogens (tertiary/aromatic N) is 3. The predicted molar refractivity (Wildman–Crippen MR) is 90.9 cm³/mol. The average molecular weight is 304 g/mol. The van der Waals surface area contributed by atoms with E-state index in [1.54, 1.807) is 18.6 Å². The minimum Gasteiger partial charge on any atom is -0.437 e. The maximum atomic E-state index is 5.65. The number of hydrogen-bond acceptors (Lipinski definition) is 5. The molecule has 0 amide bonds. The lowest BCUT2D eigenvalue weighted by Gasteiger charge is -2.05. The second-order valence-electron chi connectivity index (χ2n) is 4.91. The van der Waals surface area contributed by atoms with E-state index in [0.29, 0.717) is 11.6 Å². The Bertz CT molecular complexity index is 786. The number of nitrogens with one attached hydrogen (secondary N) is 1. The zero-order chi connectivity index (χ0) is 15.9. The van der Waals surface area contributed by atoms with Crippen molar-refractivity contribution in [2.24, 2.45) is 5.10 Å². The topological polar surface area (TPSA) is 59.4 Å². The molecule has 0 radical (unpaired) electrons. The van der Waals surface area contributed by atoms with E-state index in [-0.39, 0.29) is 0 Å². The Hall–Kier alpha value is -3.21. The van der Waals surface area contributed by atoms with E-state index in [9.17, 15) is 0 Å². The molecule has 0 aliphatic heterocycles. The van der Waals surface area contributed by atoms with Gasteiger partial charge in [-0.25, -0.2) is 4.98 Å². The fourth-order valence-corrected chi connectivity index (χ4v) is 1.93. The van der Waals surface area contributed by atoms with Gasteiger partial charge in [0.15, 0.2) is 0 Å². The Morgan fingerprint density at radius 3 is 2.52 bits per heavy atom. The van der Waals surface area contributed by atoms with E-state index in [1.165, 1.54) is 0 Å². The van der Waals surface area contributed by atoms with Crippen LogP contribution in [-0.2, 0) is 0 Å². The van der Waals surface area contributed by atoms with Crippen LogP contribution in [0.3, 0.4) is 0 Å². The summed E-state index contributed by atoms with van der Waals surface area (Å²) in [5.74, 6) is 1.19. The molecule has 0 saturated carbocycles. The number of aryl methyl sites for hydroxylation is 1. The number of ether oxygens (including phenoxy) is 1. The molecular weight excluding hydrogens is 288 g/mol. The molecule has 23 heavy (non-hydrogen) atoms. The highest BCUT2D eigenvalue weighted by Gasteiger charge is 1.99. The lowest BCUT2D eigenvalue weighted by molar-refractivity contribution is 0.458. The lowest BCUT2D eigenvalue weighted by Crippen LogP contribution is -1.92. The van der Waals surface area contributed by atoms with Crippen LogP contribution in [-0.4, -0.2) is 16.2 Å². The van der Waals surface area contributed by atoms with Crippen LogP contribution in [0.1, 0.15) is 11.3 Å². The lowest BCUT2D eigenvalue weighted by atomic mass is 10.2. The van der Waals surface area contributed by atoms with Gasteiger partial charge in [-0.2, -0.15) is 5.10 Å². The van der Waals surface area contributed by atoms with Crippen molar-refractivity contribution in [1.82, 2.24) is 9.97 Å². The fraction of sp³-hybridized carbons (Fsp3) is 0.0556. The van der Waals surface area contributed by atoms with E-state index in [4.69, 9.17) is 4.74 Å². The molecule has 2 aromatic carbocycles. The molecule has 1 aromatic heterocycles. The molecule has 0 spiro atoms. The van der Waals surface area contributed by atoms with Crippen LogP contribution in [0.2, 0.25) is 0 Å². The van der Waals surface area contributed by atoms with E-state index in [2.05, 4.69) is 20.5 Å². The van der Waals surface area contributed by atoms with Crippen molar-refractivity contribution in [1.29, 1.82) is 0 Å². The average Bonchev–Trinajstić information content (AvgIpc) is 2.58. The highest BCUT2D eigenvalue weighted by Crippen LogP contribution is 2.18. The Balaban J connectivity index is 1.60. The molecule has 5 heteroatoms. The van der Waals surface area contributed by atoms with Crippen molar-refractivity contribution in [2.75, 3.05) is 5.43 Å². The highest BCUT2D eigenvalue weighted by atomic mass is 16.5. The van der Waals surface area contributed by atoms with Crippen LogP contribution < -0.4 is 10.2 Å². The Labute approximate surface area is 134 Å². The van der Waals surface area contributed by atoms with Gasteiger partial charge < -0.3 is 4.74 Å². The van der Waals surface area contributed by atoms with Crippen LogP contribution in [0.4, 0.5) is 5.69 Å². The maximum absolute atomic E-state index is 5.65. The maximum Gasteiger partial charge on any atom is 0.238 e. The number of hydrogen-bond donors (Lipinski definition) is 1. The molecule has 0 aliphatic rings. The van der Waals surface area contributed by atoms with Crippen LogP contribution in [0, 0.1) is 6.92 Å². The first-order valence-electron chi connectivity index (χ1n) is 7.20. The van der Waals surface area contributed by atoms with E-state index < -0.39 is 0 Å². The summed E-state index contributed by atoms with van der Waals surface area (Å²) in [7, 11) is 0. The Morgan fingerprint density at radius 2 is 1.78 bits per heavy atom. The van der Waals surface area contributed by atoms with Crippen molar-refractivity contribution in [3.05, 3.63) is 78.2 Å². The molecule has 3 aromatic rings. The largest absolute Gasteiger partial charge is 0.437 e. The summed E-state index contributed by atoms with van der Waals surface area (Å²) in [6.45, 7) is 1.87. The molecule has 0 atom stereocenters. The van der Waals surface area contributed by atoms with Crippen LogP contribution >= 0.6 is 0 Å². The van der Waals surface area contributed by atoms with E-state index in [0.717, 1.165) is 16.9 Å². The number of anilines is 1. The first kappa shape index (κ1) is 14.7. The molecule has 1 heterocycles. The van der Waals surface area contributed by atoms with Crippen molar-refractivity contribution < 1.29 is 4.74 Å². The zero-order valence-electron chi connectivity index (χ0n) is 12.7. The third-order valence-electron chi connectivity index (χ3n) is 3.02. The fourth-order valence-electron chi connectivity index (χ4n) is 1.93. The van der Waals surface area contributed by atoms with Crippen LogP contribution in [0.15, 0.2) is 72.1 Å². The molecule has 1 N–H and O–H groups in total. The first-order chi connectivity index (χ1) is 11.3. The summed E-state index contributed by atoms with van der Waals surface area (Å²) in [6, 6.07) is 17.4. The third kappa shape index (κ3) is 4.38. The highest BCUT2D eigenvalue weighted by molar-refractivity contribution is 5.80. The predicted octanol–water partition coefficient (Wildman–Crippen LogP) is 4.02. The molecule has 114 valence electrons. The summed E-state index contributed by atoms with van der Waals surface area (Å²) in [5.41, 5.74) is 5.71. The van der Waals surface area contributed by atoms with Crippen molar-refractivity contribution in [2.45, 2.75) is 6.92 Å². The van der Waals surface area contributed by atoms with Gasteiger partial charge in [-0.15, -0.1) is 0 Å². The van der Waals surface area contributed by atoms with Crippen molar-refractivity contribution in [3.8, 4) is 11.6 Å². The second-order valence-corrected chi connectivity index (χ2v) is 4.91. The van der Waals surface area contributed by atoms with Gasteiger partial charge in [-0.1, -0.05) is 18.2 Å². The molecule has 3 rings (SSSR count). The standard InChI is InChI=1S/C18H16N4O/c1-14-11-19-13-18(21-14)23-17-9-7-15(8-10-17)12-20-22-16-5-3-2-4-6-16/h2-13,22H,1H3. The molecule has 0 fully saturated rings. The molecular formula is C18H16N4O. The van der Waals surface area contributed by atoms with Crippen LogP contribution in [0.5, 0.6) is 11.6 Å². The van der Waals surface area contributed by atoms with Gasteiger partial charge in [0.1, 0.15) is 5.75 Å². The van der Waals surface area contributed by atoms with E-state index in [1.807, 2.05) is 61.5 Å². The molecule has 0 bridgehead atoms. The van der Waals surface area contributed by atoms with E-state index >= 15 is 0 Å². The summed E-state index contributed by atoms with van der Waals surface area (Å²) in [4.78, 5) is 8.30. The zero-order valence-corrected chi connectivity index (χ0v) is 12.7. The van der Waals surface area contributed by atoms with Gasteiger partial charge in [-0.05, 0) is 48.9 Å². The van der Waals surface area contributed by atoms with Crippen LogP contribution in [0.25, 0.3) is 0 Å². The first-order valence-corrected chi connectivity index (χ1v) is 7.20. The van der Waals surface area contributed by atoms with Gasteiger partial charge in [-0.3, -0.25) is 10.4 Å². The summed E-state index contributed by atoms with van der Waals surface area (Å²) >= 11 is 0. The van der Waals surface area contributed by atoms with Gasteiger partial charge in [0, 0.05) is 6.20 Å². The Morgan fingerprint density at radius 1 is 1.00 bits per heavy atom. The van der Waals surface area contributed by atoms with Gasteiger partial charge in [0.05, 0.1) is 23.8 Å². The number of hydrazone groups is 1. The Kier molecular flexibility index (Phi) is 4.59. The van der Waals surface area contributed by atoms with Crippen molar-refractivity contribution >= 4 is 11.9 Å². The summed E-state index contributed by atoms with van der Waals surface area (Å²) < 4.78 is 5.65. The normalized spacial score (nSPS) is 10.7.